The Morgan fingerprint density at radius 1 is 1.28 bits per heavy atom. The number of thioether (sulfide) groups is 1. The van der Waals surface area contributed by atoms with Crippen LogP contribution in [0, 0.1) is 17.2 Å². The molecule has 152 valence electrons. The minimum absolute atomic E-state index is 0.108. The minimum atomic E-state index is -0.323. The van der Waals surface area contributed by atoms with Crippen LogP contribution in [-0.4, -0.2) is 39.0 Å². The van der Waals surface area contributed by atoms with Crippen LogP contribution in [-0.2, 0) is 4.79 Å². The summed E-state index contributed by atoms with van der Waals surface area (Å²) in [6.45, 7) is 6.21. The Kier molecular flexibility index (Phi) is 5.76. The van der Waals surface area contributed by atoms with Gasteiger partial charge in [0, 0.05) is 24.8 Å². The van der Waals surface area contributed by atoms with Crippen molar-refractivity contribution in [2.24, 2.45) is 5.92 Å². The van der Waals surface area contributed by atoms with E-state index < -0.39 is 0 Å². The minimum Gasteiger partial charge on any atom is -0.341 e. The first-order valence-electron chi connectivity index (χ1n) is 10.2. The lowest BCUT2D eigenvalue weighted by atomic mass is 10.00. The molecule has 4 rings (SSSR count). The van der Waals surface area contributed by atoms with Crippen LogP contribution in [0.25, 0.3) is 0 Å². The summed E-state index contributed by atoms with van der Waals surface area (Å²) in [5.41, 5.74) is 1.16. The Bertz CT molecular complexity index is 923. The number of anilines is 2. The zero-order valence-electron chi connectivity index (χ0n) is 16.8. The van der Waals surface area contributed by atoms with E-state index in [9.17, 15) is 4.79 Å². The van der Waals surface area contributed by atoms with E-state index in [1.165, 1.54) is 24.6 Å². The van der Waals surface area contributed by atoms with Crippen molar-refractivity contribution in [1.29, 1.82) is 5.26 Å². The average molecular weight is 411 g/mol. The Labute approximate surface area is 175 Å². The van der Waals surface area contributed by atoms with Gasteiger partial charge in [-0.25, -0.2) is 0 Å². The van der Waals surface area contributed by atoms with E-state index in [-0.39, 0.29) is 11.2 Å². The third-order valence-corrected chi connectivity index (χ3v) is 6.59. The number of carbonyl (C=O) groups excluding carboxylic acids is 1. The zero-order valence-corrected chi connectivity index (χ0v) is 17.7. The second kappa shape index (κ2) is 8.46. The fourth-order valence-corrected chi connectivity index (χ4v) is 4.46. The van der Waals surface area contributed by atoms with Gasteiger partial charge in [-0.05, 0) is 56.7 Å². The number of hydrogen-bond donors (Lipinski definition) is 1. The highest BCUT2D eigenvalue weighted by Crippen LogP contribution is 2.42. The highest BCUT2D eigenvalue weighted by molar-refractivity contribution is 8.00. The first-order valence-corrected chi connectivity index (χ1v) is 11.1. The van der Waals surface area contributed by atoms with E-state index in [1.54, 1.807) is 24.3 Å². The number of nitrogens with zero attached hydrogens (tertiary/aromatic N) is 5. The van der Waals surface area contributed by atoms with E-state index in [4.69, 9.17) is 5.26 Å². The Morgan fingerprint density at radius 3 is 2.72 bits per heavy atom. The van der Waals surface area contributed by atoms with Crippen molar-refractivity contribution in [3.8, 4) is 6.07 Å². The predicted molar refractivity (Wildman–Crippen MR) is 114 cm³/mol. The summed E-state index contributed by atoms with van der Waals surface area (Å²) >= 11 is 1.45. The fourth-order valence-electron chi connectivity index (χ4n) is 3.55. The second-order valence-corrected chi connectivity index (χ2v) is 9.30. The van der Waals surface area contributed by atoms with Gasteiger partial charge in [-0.3, -0.25) is 9.36 Å². The number of amides is 1. The lowest BCUT2D eigenvalue weighted by Gasteiger charge is -2.31. The molecule has 1 aliphatic carbocycles. The van der Waals surface area contributed by atoms with Crippen LogP contribution in [0.4, 0.5) is 11.6 Å². The van der Waals surface area contributed by atoms with Gasteiger partial charge >= 0.3 is 0 Å². The third-order valence-electron chi connectivity index (χ3n) is 5.54. The van der Waals surface area contributed by atoms with E-state index in [0.717, 1.165) is 43.0 Å². The van der Waals surface area contributed by atoms with Gasteiger partial charge < -0.3 is 10.2 Å². The normalized spacial score (nSPS) is 18.3. The van der Waals surface area contributed by atoms with Crippen molar-refractivity contribution < 1.29 is 4.79 Å². The summed E-state index contributed by atoms with van der Waals surface area (Å²) in [6, 6.07) is 9.49. The number of hydrogen-bond acceptors (Lipinski definition) is 6. The molecule has 2 heterocycles. The molecule has 1 unspecified atom stereocenters. The molecule has 7 nitrogen and oxygen atoms in total. The van der Waals surface area contributed by atoms with Crippen LogP contribution in [0.3, 0.4) is 0 Å². The summed E-state index contributed by atoms with van der Waals surface area (Å²) in [6.07, 6.45) is 4.65. The molecule has 8 heteroatoms. The fraction of sp³-hybridized carbons (Fsp3) is 0.524. The molecule has 1 saturated carbocycles. The molecule has 0 bridgehead atoms. The average Bonchev–Trinajstić information content (AvgIpc) is 3.49. The van der Waals surface area contributed by atoms with Gasteiger partial charge in [-0.15, -0.1) is 10.2 Å². The van der Waals surface area contributed by atoms with Crippen molar-refractivity contribution in [2.45, 2.75) is 56.0 Å². The monoisotopic (exact) mass is 410 g/mol. The van der Waals surface area contributed by atoms with Crippen LogP contribution in [0.5, 0.6) is 0 Å². The highest BCUT2D eigenvalue weighted by atomic mass is 32.2. The van der Waals surface area contributed by atoms with E-state index in [1.807, 2.05) is 6.92 Å². The summed E-state index contributed by atoms with van der Waals surface area (Å²) in [5.74, 6) is 1.61. The Hall–Kier alpha value is -2.53. The molecule has 29 heavy (non-hydrogen) atoms. The molecular weight excluding hydrogens is 384 g/mol. The van der Waals surface area contributed by atoms with Crippen LogP contribution < -0.4 is 10.2 Å². The Morgan fingerprint density at radius 2 is 2.03 bits per heavy atom. The van der Waals surface area contributed by atoms with Crippen molar-refractivity contribution in [3.05, 3.63) is 29.8 Å². The molecule has 0 radical (unpaired) electrons. The van der Waals surface area contributed by atoms with E-state index in [2.05, 4.69) is 38.0 Å². The van der Waals surface area contributed by atoms with Crippen LogP contribution in [0.2, 0.25) is 0 Å². The standard InChI is InChI=1S/C21H26N6OS/c1-14-8-10-26(11-9-14)20-24-25-21(27(20)18-6-7-18)29-15(2)19(28)23-17-5-3-4-16(12-17)13-22/h3-5,12,14-15,18H,6-11H2,1-2H3,(H,23,28). The summed E-state index contributed by atoms with van der Waals surface area (Å²) in [5, 5.41) is 21.3. The van der Waals surface area contributed by atoms with Crippen molar-refractivity contribution in [3.63, 3.8) is 0 Å². The predicted octanol–water partition coefficient (Wildman–Crippen LogP) is 3.84. The topological polar surface area (TPSA) is 86.8 Å². The molecular formula is C21H26N6OS. The maximum absolute atomic E-state index is 12.7. The SMILES string of the molecule is CC1CCN(c2nnc(SC(C)C(=O)Nc3cccc(C#N)c3)n2C2CC2)CC1. The quantitative estimate of drug-likeness (QED) is 0.728. The number of carbonyl (C=O) groups is 1. The van der Waals surface area contributed by atoms with Crippen LogP contribution >= 0.6 is 11.8 Å². The molecule has 1 atom stereocenters. The summed E-state index contributed by atoms with van der Waals surface area (Å²) < 4.78 is 2.24. The van der Waals surface area contributed by atoms with Gasteiger partial charge in [0.05, 0.1) is 16.9 Å². The lowest BCUT2D eigenvalue weighted by Crippen LogP contribution is -2.34. The molecule has 0 spiro atoms. The largest absolute Gasteiger partial charge is 0.341 e. The molecule has 2 aliphatic rings. The smallest absolute Gasteiger partial charge is 0.237 e. The van der Waals surface area contributed by atoms with Crippen LogP contribution in [0.15, 0.2) is 29.4 Å². The Balaban J connectivity index is 1.46. The van der Waals surface area contributed by atoms with Gasteiger partial charge in [-0.1, -0.05) is 24.8 Å². The summed E-state index contributed by atoms with van der Waals surface area (Å²) in [7, 11) is 0. The summed E-state index contributed by atoms with van der Waals surface area (Å²) in [4.78, 5) is 15.0. The molecule has 1 aromatic heterocycles. The number of nitriles is 1. The second-order valence-electron chi connectivity index (χ2n) is 8.00. The first kappa shape index (κ1) is 19.8. The van der Waals surface area contributed by atoms with Gasteiger partial charge in [-0.2, -0.15) is 5.26 Å². The van der Waals surface area contributed by atoms with Crippen molar-refractivity contribution >= 4 is 29.3 Å². The number of nitrogens with one attached hydrogen (secondary N) is 1. The highest BCUT2D eigenvalue weighted by Gasteiger charge is 2.33. The molecule has 1 saturated heterocycles. The molecule has 1 aliphatic heterocycles. The van der Waals surface area contributed by atoms with E-state index in [0.29, 0.717) is 17.3 Å². The molecule has 2 fully saturated rings. The van der Waals surface area contributed by atoms with Crippen LogP contribution in [0.1, 0.15) is 51.1 Å². The maximum Gasteiger partial charge on any atom is 0.237 e. The lowest BCUT2D eigenvalue weighted by molar-refractivity contribution is -0.115. The van der Waals surface area contributed by atoms with E-state index >= 15 is 0 Å². The maximum atomic E-state index is 12.7. The molecule has 1 aromatic carbocycles. The number of aromatic nitrogens is 3. The van der Waals surface area contributed by atoms with Gasteiger partial charge in [0.1, 0.15) is 0 Å². The number of piperidine rings is 1. The van der Waals surface area contributed by atoms with Gasteiger partial charge in [0.2, 0.25) is 11.9 Å². The first-order chi connectivity index (χ1) is 14.0. The van der Waals surface area contributed by atoms with Gasteiger partial charge in [0.15, 0.2) is 5.16 Å². The van der Waals surface area contributed by atoms with Crippen molar-refractivity contribution in [2.75, 3.05) is 23.3 Å². The van der Waals surface area contributed by atoms with Gasteiger partial charge in [0.25, 0.3) is 0 Å². The molecule has 1 amide bonds. The van der Waals surface area contributed by atoms with Crippen molar-refractivity contribution in [1.82, 2.24) is 14.8 Å². The molecule has 1 N–H and O–H groups in total. The number of rotatable bonds is 6. The molecule has 2 aromatic rings. The third kappa shape index (κ3) is 4.56. The number of benzene rings is 1. The zero-order chi connectivity index (χ0) is 20.4.